The summed E-state index contributed by atoms with van der Waals surface area (Å²) in [6, 6.07) is 0.934. The van der Waals surface area contributed by atoms with Crippen LogP contribution < -0.4 is 5.32 Å². The van der Waals surface area contributed by atoms with Crippen LogP contribution in [0, 0.1) is 10.1 Å². The largest absolute Gasteiger partial charge is 0.368 e. The summed E-state index contributed by atoms with van der Waals surface area (Å²) in [6.45, 7) is 1.65. The van der Waals surface area contributed by atoms with Crippen LogP contribution in [0.1, 0.15) is 6.92 Å². The van der Waals surface area contributed by atoms with E-state index >= 15 is 0 Å². The number of nitrogens with zero attached hydrogens (tertiary/aromatic N) is 3. The van der Waals surface area contributed by atoms with Crippen LogP contribution in [0.15, 0.2) is 18.5 Å². The van der Waals surface area contributed by atoms with Gasteiger partial charge in [-0.15, -0.1) is 0 Å². The fourth-order valence-corrected chi connectivity index (χ4v) is 1.34. The molecule has 0 radical (unpaired) electrons. The van der Waals surface area contributed by atoms with Gasteiger partial charge in [0.1, 0.15) is 17.9 Å². The van der Waals surface area contributed by atoms with Gasteiger partial charge < -0.3 is 10.2 Å². The van der Waals surface area contributed by atoms with E-state index in [0.717, 1.165) is 6.20 Å². The molecule has 0 spiro atoms. The predicted molar refractivity (Wildman–Crippen MR) is 62.7 cm³/mol. The zero-order valence-electron chi connectivity index (χ0n) is 9.88. The minimum atomic E-state index is -0.539. The Balaban J connectivity index is 2.88. The topological polar surface area (TPSA) is 88.4 Å². The van der Waals surface area contributed by atoms with Gasteiger partial charge in [-0.05, 0) is 13.0 Å². The predicted octanol–water partition coefficient (Wildman–Crippen LogP) is 0.878. The van der Waals surface area contributed by atoms with Gasteiger partial charge in [0.25, 0.3) is 0 Å². The molecule has 7 heteroatoms. The van der Waals surface area contributed by atoms with Gasteiger partial charge in [-0.1, -0.05) is 0 Å². The lowest BCUT2D eigenvalue weighted by atomic mass is 10.2. The van der Waals surface area contributed by atoms with Crippen LogP contribution in [0.4, 0.5) is 11.4 Å². The Bertz CT molecular complexity index is 433. The molecule has 1 aromatic heterocycles. The highest BCUT2D eigenvalue weighted by atomic mass is 16.6. The number of rotatable bonds is 4. The Hall–Kier alpha value is -2.18. The number of carbonyl (C=O) groups is 1. The second-order valence-electron chi connectivity index (χ2n) is 3.75. The van der Waals surface area contributed by atoms with Crippen LogP contribution in [0.3, 0.4) is 0 Å². The number of likely N-dealkylation sites (N-methyl/N-ethyl adjacent to an activating group) is 1. The molecule has 1 aromatic rings. The van der Waals surface area contributed by atoms with E-state index in [1.54, 1.807) is 21.0 Å². The molecule has 1 amide bonds. The number of amides is 1. The lowest BCUT2D eigenvalue weighted by molar-refractivity contribution is -0.384. The maximum Gasteiger partial charge on any atom is 0.310 e. The van der Waals surface area contributed by atoms with Gasteiger partial charge in [-0.25, -0.2) is 0 Å². The molecular weight excluding hydrogens is 224 g/mol. The summed E-state index contributed by atoms with van der Waals surface area (Å²) in [4.78, 5) is 26.9. The fraction of sp³-hybridized carbons (Fsp3) is 0.400. The van der Waals surface area contributed by atoms with Crippen molar-refractivity contribution in [1.29, 1.82) is 0 Å². The van der Waals surface area contributed by atoms with Gasteiger partial charge in [-0.2, -0.15) is 0 Å². The molecule has 1 N–H and O–H groups in total. The number of pyridine rings is 1. The zero-order valence-corrected chi connectivity index (χ0v) is 9.88. The molecule has 1 rings (SSSR count). The van der Waals surface area contributed by atoms with E-state index in [1.165, 1.54) is 17.2 Å². The maximum absolute atomic E-state index is 11.6. The van der Waals surface area contributed by atoms with E-state index in [0.29, 0.717) is 0 Å². The number of carbonyl (C=O) groups excluding carboxylic acids is 1. The summed E-state index contributed by atoms with van der Waals surface area (Å²) in [7, 11) is 3.25. The Morgan fingerprint density at radius 2 is 2.24 bits per heavy atom. The number of aromatic nitrogens is 1. The lowest BCUT2D eigenvalue weighted by Gasteiger charge is -2.18. The second kappa shape index (κ2) is 5.24. The normalized spacial score (nSPS) is 11.7. The standard InChI is InChI=1S/C10H14N4O3/c1-7(10(15)13(2)3)12-8-4-5-11-6-9(8)14(16)17/h4-7H,1-3H3,(H,11,12). The summed E-state index contributed by atoms with van der Waals surface area (Å²) in [5, 5.41) is 13.5. The smallest absolute Gasteiger partial charge is 0.310 e. The molecule has 7 nitrogen and oxygen atoms in total. The first kappa shape index (κ1) is 12.9. The zero-order chi connectivity index (χ0) is 13.0. The van der Waals surface area contributed by atoms with Gasteiger partial charge in [0, 0.05) is 20.3 Å². The van der Waals surface area contributed by atoms with E-state index in [4.69, 9.17) is 0 Å². The van der Waals surface area contributed by atoms with Crippen molar-refractivity contribution < 1.29 is 9.72 Å². The van der Waals surface area contributed by atoms with E-state index in [1.807, 2.05) is 0 Å². The minimum absolute atomic E-state index is 0.147. The molecule has 1 heterocycles. The molecule has 0 aliphatic heterocycles. The highest BCUT2D eigenvalue weighted by Gasteiger charge is 2.19. The van der Waals surface area contributed by atoms with E-state index in [2.05, 4.69) is 10.3 Å². The molecule has 0 aliphatic carbocycles. The van der Waals surface area contributed by atoms with Crippen molar-refractivity contribution in [2.75, 3.05) is 19.4 Å². The Morgan fingerprint density at radius 1 is 1.59 bits per heavy atom. The van der Waals surface area contributed by atoms with Crippen molar-refractivity contribution in [3.8, 4) is 0 Å². The molecule has 0 saturated heterocycles. The second-order valence-corrected chi connectivity index (χ2v) is 3.75. The van der Waals surface area contributed by atoms with Gasteiger partial charge >= 0.3 is 5.69 Å². The summed E-state index contributed by atoms with van der Waals surface area (Å²) in [5.41, 5.74) is 0.138. The van der Waals surface area contributed by atoms with Crippen molar-refractivity contribution in [3.05, 3.63) is 28.6 Å². The van der Waals surface area contributed by atoms with E-state index in [9.17, 15) is 14.9 Å². The molecule has 1 atom stereocenters. The van der Waals surface area contributed by atoms with Crippen LogP contribution in [0.25, 0.3) is 0 Å². The number of hydrogen-bond donors (Lipinski definition) is 1. The molecular formula is C10H14N4O3. The third-order valence-electron chi connectivity index (χ3n) is 2.18. The lowest BCUT2D eigenvalue weighted by Crippen LogP contribution is -2.36. The Kier molecular flexibility index (Phi) is 3.97. The molecule has 0 aliphatic rings. The third-order valence-corrected chi connectivity index (χ3v) is 2.18. The Labute approximate surface area is 98.6 Å². The van der Waals surface area contributed by atoms with Gasteiger partial charge in [0.2, 0.25) is 5.91 Å². The average Bonchev–Trinajstić information content (AvgIpc) is 2.28. The molecule has 1 unspecified atom stereocenters. The van der Waals surface area contributed by atoms with Gasteiger partial charge in [0.15, 0.2) is 0 Å². The average molecular weight is 238 g/mol. The summed E-state index contributed by atoms with van der Waals surface area (Å²) in [5.74, 6) is -0.156. The summed E-state index contributed by atoms with van der Waals surface area (Å²) in [6.07, 6.45) is 2.58. The molecule has 0 fully saturated rings. The quantitative estimate of drug-likeness (QED) is 0.621. The monoisotopic (exact) mass is 238 g/mol. The van der Waals surface area contributed by atoms with Crippen LogP contribution in [-0.2, 0) is 4.79 Å². The van der Waals surface area contributed by atoms with Crippen molar-refractivity contribution in [2.45, 2.75) is 13.0 Å². The number of anilines is 1. The van der Waals surface area contributed by atoms with Gasteiger partial charge in [0.05, 0.1) is 4.92 Å². The minimum Gasteiger partial charge on any atom is -0.368 e. The molecule has 17 heavy (non-hydrogen) atoms. The van der Waals surface area contributed by atoms with Crippen molar-refractivity contribution >= 4 is 17.3 Å². The maximum atomic E-state index is 11.6. The number of nitrogens with one attached hydrogen (secondary N) is 1. The first-order valence-corrected chi connectivity index (χ1v) is 4.99. The van der Waals surface area contributed by atoms with Crippen LogP contribution in [-0.4, -0.2) is 40.9 Å². The third kappa shape index (κ3) is 3.13. The van der Waals surface area contributed by atoms with Gasteiger partial charge in [-0.3, -0.25) is 19.9 Å². The molecule has 0 saturated carbocycles. The summed E-state index contributed by atoms with van der Waals surface area (Å²) >= 11 is 0. The SMILES string of the molecule is CC(Nc1ccncc1[N+](=O)[O-])C(=O)N(C)C. The highest BCUT2D eigenvalue weighted by molar-refractivity contribution is 5.84. The van der Waals surface area contributed by atoms with Crippen LogP contribution in [0.5, 0.6) is 0 Å². The van der Waals surface area contributed by atoms with Crippen LogP contribution in [0.2, 0.25) is 0 Å². The van der Waals surface area contributed by atoms with Crippen LogP contribution >= 0.6 is 0 Å². The van der Waals surface area contributed by atoms with Crippen molar-refractivity contribution in [1.82, 2.24) is 9.88 Å². The number of nitro groups is 1. The van der Waals surface area contributed by atoms with E-state index in [-0.39, 0.29) is 17.3 Å². The molecule has 0 aromatic carbocycles. The molecule has 0 bridgehead atoms. The summed E-state index contributed by atoms with van der Waals surface area (Å²) < 4.78 is 0. The Morgan fingerprint density at radius 3 is 2.76 bits per heavy atom. The first-order valence-electron chi connectivity index (χ1n) is 4.99. The first-order chi connectivity index (χ1) is 7.93. The van der Waals surface area contributed by atoms with Crippen molar-refractivity contribution in [3.63, 3.8) is 0 Å². The fourth-order valence-electron chi connectivity index (χ4n) is 1.34. The van der Waals surface area contributed by atoms with E-state index < -0.39 is 11.0 Å². The van der Waals surface area contributed by atoms with Crippen molar-refractivity contribution in [2.24, 2.45) is 0 Å². The number of hydrogen-bond acceptors (Lipinski definition) is 5. The molecule has 92 valence electrons. The highest BCUT2D eigenvalue weighted by Crippen LogP contribution is 2.22.